The molecule has 4 fully saturated rings. The normalized spacial score (nSPS) is 24.4. The van der Waals surface area contributed by atoms with E-state index < -0.39 is 46.8 Å². The molecule has 2 aromatic carbocycles. The van der Waals surface area contributed by atoms with E-state index in [2.05, 4.69) is 0 Å². The van der Waals surface area contributed by atoms with E-state index >= 15 is 0 Å². The van der Waals surface area contributed by atoms with Crippen LogP contribution in [0.5, 0.6) is 11.5 Å². The maximum atomic E-state index is 14.7. The maximum Gasteiger partial charge on any atom is 0.398 e. The summed E-state index contributed by atoms with van der Waals surface area (Å²) in [6.45, 7) is 16.0. The van der Waals surface area contributed by atoms with Gasteiger partial charge in [0.25, 0.3) is 0 Å². The van der Waals surface area contributed by atoms with Gasteiger partial charge in [-0.1, -0.05) is 53.7 Å². The standard InChI is InChI=1S/C42H54F4O6/c1-25-19-29(37(3,4)5)33(27-11-9-13-41(43,44)23-27)31(21-25)49-39(15-16-39)35(47)51-52-36(48)40(17-18-40)50-32-22-26(2)20-30(38(6,7)8)34(32)28-12-10-14-42(45,46)24-28/h19-22,27-28H,9-18,23-24H2,1-8H3. The third kappa shape index (κ3) is 8.10. The molecular weight excluding hydrogens is 676 g/mol. The highest BCUT2D eigenvalue weighted by atomic mass is 19.3. The molecule has 2 aromatic rings. The van der Waals surface area contributed by atoms with E-state index in [4.69, 9.17) is 19.2 Å². The van der Waals surface area contributed by atoms with Crippen molar-refractivity contribution >= 4 is 11.9 Å². The Bertz CT molecular complexity index is 1580. The number of halogens is 4. The van der Waals surface area contributed by atoms with Gasteiger partial charge < -0.3 is 9.47 Å². The molecule has 6 rings (SSSR count). The average Bonchev–Trinajstić information content (AvgIpc) is 3.95. The Morgan fingerprint density at radius 3 is 1.23 bits per heavy atom. The van der Waals surface area contributed by atoms with Crippen LogP contribution in [-0.4, -0.2) is 35.0 Å². The predicted molar refractivity (Wildman–Crippen MR) is 189 cm³/mol. The molecule has 0 N–H and O–H groups in total. The number of carbonyl (C=O) groups is 2. The first-order valence-electron chi connectivity index (χ1n) is 18.9. The molecule has 6 nitrogen and oxygen atoms in total. The molecule has 0 spiro atoms. The Morgan fingerprint density at radius 1 is 0.596 bits per heavy atom. The van der Waals surface area contributed by atoms with Crippen molar-refractivity contribution in [2.75, 3.05) is 0 Å². The molecular formula is C42H54F4O6. The van der Waals surface area contributed by atoms with Crippen molar-refractivity contribution in [3.05, 3.63) is 57.6 Å². The quantitative estimate of drug-likeness (QED) is 0.153. The van der Waals surface area contributed by atoms with Gasteiger partial charge in [-0.05, 0) is 96.6 Å². The Balaban J connectivity index is 1.21. The minimum absolute atomic E-state index is 0.150. The number of ether oxygens (including phenoxy) is 2. The van der Waals surface area contributed by atoms with E-state index in [9.17, 15) is 27.2 Å². The van der Waals surface area contributed by atoms with E-state index in [1.165, 1.54) is 0 Å². The fraction of sp³-hybridized carbons (Fsp3) is 0.667. The minimum Gasteiger partial charge on any atom is -0.475 e. The monoisotopic (exact) mass is 730 g/mol. The summed E-state index contributed by atoms with van der Waals surface area (Å²) in [6, 6.07) is 7.59. The first kappa shape index (κ1) is 38.4. The largest absolute Gasteiger partial charge is 0.475 e. The lowest BCUT2D eigenvalue weighted by molar-refractivity contribution is -0.270. The number of alkyl halides is 4. The van der Waals surface area contributed by atoms with Crippen LogP contribution >= 0.6 is 0 Å². The van der Waals surface area contributed by atoms with Crippen molar-refractivity contribution in [1.82, 2.24) is 0 Å². The Morgan fingerprint density at radius 2 is 0.942 bits per heavy atom. The number of hydrogen-bond acceptors (Lipinski definition) is 6. The minimum atomic E-state index is -2.79. The highest BCUT2D eigenvalue weighted by Crippen LogP contribution is 2.53. The molecule has 2 atom stereocenters. The lowest BCUT2D eigenvalue weighted by Crippen LogP contribution is -2.37. The Kier molecular flexibility index (Phi) is 9.77. The topological polar surface area (TPSA) is 71.1 Å². The number of aryl methyl sites for hydroxylation is 2. The van der Waals surface area contributed by atoms with E-state index in [1.54, 1.807) is 12.1 Å². The summed E-state index contributed by atoms with van der Waals surface area (Å²) >= 11 is 0. The summed E-state index contributed by atoms with van der Waals surface area (Å²) in [5.41, 5.74) is 1.32. The number of carbonyl (C=O) groups excluding carboxylic acids is 2. The summed E-state index contributed by atoms with van der Waals surface area (Å²) in [6.07, 6.45) is 2.26. The SMILES string of the molecule is Cc1cc(OC2(C(=O)OOC(=O)C3(Oc4cc(C)cc(C(C)(C)C)c4C4CCCC(F)(F)C4)CC3)CC2)c(C2CCCC(F)(F)C2)c(C(C)(C)C)c1. The van der Waals surface area contributed by atoms with E-state index in [-0.39, 0.29) is 36.5 Å². The van der Waals surface area contributed by atoms with Gasteiger partial charge in [-0.25, -0.2) is 36.9 Å². The molecule has 0 aliphatic heterocycles. The molecule has 0 amide bonds. The summed E-state index contributed by atoms with van der Waals surface area (Å²) in [5.74, 6) is -7.49. The smallest absolute Gasteiger partial charge is 0.398 e. The van der Waals surface area contributed by atoms with Crippen LogP contribution in [0.2, 0.25) is 0 Å². The highest BCUT2D eigenvalue weighted by Gasteiger charge is 2.59. The fourth-order valence-corrected chi connectivity index (χ4v) is 8.19. The zero-order valence-electron chi connectivity index (χ0n) is 31.9. The first-order chi connectivity index (χ1) is 24.0. The molecule has 286 valence electrons. The molecule has 4 aliphatic rings. The average molecular weight is 731 g/mol. The van der Waals surface area contributed by atoms with Crippen LogP contribution in [0.3, 0.4) is 0 Å². The predicted octanol–water partition coefficient (Wildman–Crippen LogP) is 11.0. The van der Waals surface area contributed by atoms with Crippen molar-refractivity contribution in [3.8, 4) is 11.5 Å². The summed E-state index contributed by atoms with van der Waals surface area (Å²) in [4.78, 5) is 37.5. The summed E-state index contributed by atoms with van der Waals surface area (Å²) < 4.78 is 71.7. The molecule has 0 radical (unpaired) electrons. The molecule has 0 bridgehead atoms. The van der Waals surface area contributed by atoms with Crippen molar-refractivity contribution in [2.45, 2.75) is 178 Å². The number of benzene rings is 2. The van der Waals surface area contributed by atoms with Gasteiger partial charge in [-0.3, -0.25) is 0 Å². The molecule has 2 unspecified atom stereocenters. The van der Waals surface area contributed by atoms with Crippen molar-refractivity contribution < 1.29 is 46.4 Å². The molecule has 4 aliphatic carbocycles. The van der Waals surface area contributed by atoms with E-state index in [1.807, 2.05) is 67.5 Å². The summed E-state index contributed by atoms with van der Waals surface area (Å²) in [7, 11) is 0. The van der Waals surface area contributed by atoms with Crippen LogP contribution in [0.4, 0.5) is 17.6 Å². The molecule has 0 saturated heterocycles. The van der Waals surface area contributed by atoms with Crippen molar-refractivity contribution in [2.24, 2.45) is 0 Å². The molecule has 4 saturated carbocycles. The lowest BCUT2D eigenvalue weighted by atomic mass is 9.74. The van der Waals surface area contributed by atoms with Gasteiger partial charge in [0.05, 0.1) is 0 Å². The van der Waals surface area contributed by atoms with Gasteiger partial charge in [-0.15, -0.1) is 0 Å². The van der Waals surface area contributed by atoms with Gasteiger partial charge in [-0.2, -0.15) is 0 Å². The number of hydrogen-bond donors (Lipinski definition) is 0. The summed E-state index contributed by atoms with van der Waals surface area (Å²) in [5, 5.41) is 0. The zero-order valence-corrected chi connectivity index (χ0v) is 31.9. The third-order valence-electron chi connectivity index (χ3n) is 11.2. The second-order valence-corrected chi connectivity index (χ2v) is 18.2. The van der Waals surface area contributed by atoms with Crippen molar-refractivity contribution in [1.29, 1.82) is 0 Å². The van der Waals surface area contributed by atoms with Crippen LogP contribution < -0.4 is 9.47 Å². The van der Waals surface area contributed by atoms with Crippen LogP contribution in [0, 0.1) is 13.8 Å². The van der Waals surface area contributed by atoms with Crippen LogP contribution in [0.1, 0.15) is 164 Å². The van der Waals surface area contributed by atoms with Crippen LogP contribution in [-0.2, 0) is 30.2 Å². The second kappa shape index (κ2) is 13.2. The second-order valence-electron chi connectivity index (χ2n) is 18.2. The third-order valence-corrected chi connectivity index (χ3v) is 11.2. The van der Waals surface area contributed by atoms with Gasteiger partial charge in [0.2, 0.25) is 23.0 Å². The van der Waals surface area contributed by atoms with Gasteiger partial charge >= 0.3 is 11.9 Å². The van der Waals surface area contributed by atoms with Gasteiger partial charge in [0.1, 0.15) is 11.5 Å². The lowest BCUT2D eigenvalue weighted by Gasteiger charge is -2.35. The Labute approximate surface area is 305 Å². The fourth-order valence-electron chi connectivity index (χ4n) is 8.19. The van der Waals surface area contributed by atoms with Crippen LogP contribution in [0.15, 0.2) is 24.3 Å². The van der Waals surface area contributed by atoms with Gasteiger partial charge in [0.15, 0.2) is 0 Å². The molecule has 10 heteroatoms. The van der Waals surface area contributed by atoms with Crippen LogP contribution in [0.25, 0.3) is 0 Å². The zero-order chi connectivity index (χ0) is 38.1. The highest BCUT2D eigenvalue weighted by molar-refractivity contribution is 5.86. The van der Waals surface area contributed by atoms with Gasteiger partial charge in [0, 0.05) is 62.5 Å². The molecule has 52 heavy (non-hydrogen) atoms. The molecule has 0 aromatic heterocycles. The molecule has 0 heterocycles. The first-order valence-corrected chi connectivity index (χ1v) is 18.9. The number of rotatable bonds is 8. The van der Waals surface area contributed by atoms with Crippen molar-refractivity contribution in [3.63, 3.8) is 0 Å². The Hall–Kier alpha value is -3.30. The van der Waals surface area contributed by atoms with E-state index in [0.717, 1.165) is 22.3 Å². The van der Waals surface area contributed by atoms with E-state index in [0.29, 0.717) is 74.0 Å². The maximum absolute atomic E-state index is 14.7.